The lowest BCUT2D eigenvalue weighted by Gasteiger charge is -2.52. The van der Waals surface area contributed by atoms with Gasteiger partial charge in [0.25, 0.3) is 0 Å². The van der Waals surface area contributed by atoms with Crippen LogP contribution in [-0.2, 0) is 34.8 Å². The summed E-state index contributed by atoms with van der Waals surface area (Å²) in [6.07, 6.45) is 2.13. The Labute approximate surface area is 268 Å². The second kappa shape index (κ2) is 15.8. The predicted octanol–water partition coefficient (Wildman–Crippen LogP) is 8.10. The fourth-order valence-electron chi connectivity index (χ4n) is 7.82. The van der Waals surface area contributed by atoms with E-state index < -0.39 is 19.7 Å². The zero-order valence-corrected chi connectivity index (χ0v) is 29.9. The summed E-state index contributed by atoms with van der Waals surface area (Å²) in [4.78, 5) is 12.0. The summed E-state index contributed by atoms with van der Waals surface area (Å²) in [6.45, 7) is 25.4. The third kappa shape index (κ3) is 9.97. The molecule has 2 heterocycles. The highest BCUT2D eigenvalue weighted by Gasteiger charge is 2.53. The summed E-state index contributed by atoms with van der Waals surface area (Å²) in [7, 11) is -1.99. The standard InChI is InChI=1S/C36H60O7Si/c1-25(2)44(26(3)4,27(5)6)40-22-29(8)28(7)18-34-20-35(10,38)24-36(43-34)21-33(41-30(9)37)19-32(42-36)16-17-39-23-31-14-12-11-13-15-31/h11-15,25-27,29,32-34,38H,7,16-24H2,1-6,8-10H3/t29-,32-,33-,34-,35-,36+/m0/s1. The number of hydrogen-bond acceptors (Lipinski definition) is 7. The van der Waals surface area contributed by atoms with Gasteiger partial charge in [0.1, 0.15) is 6.10 Å². The maximum Gasteiger partial charge on any atom is 0.302 e. The Balaban J connectivity index is 1.67. The van der Waals surface area contributed by atoms with Crippen molar-refractivity contribution < 1.29 is 33.3 Å². The highest BCUT2D eigenvalue weighted by atomic mass is 28.4. The van der Waals surface area contributed by atoms with E-state index >= 15 is 0 Å². The molecule has 0 aliphatic carbocycles. The largest absolute Gasteiger partial charge is 0.462 e. The monoisotopic (exact) mass is 632 g/mol. The van der Waals surface area contributed by atoms with Crippen molar-refractivity contribution in [3.8, 4) is 0 Å². The van der Waals surface area contributed by atoms with Gasteiger partial charge in [-0.05, 0) is 47.9 Å². The van der Waals surface area contributed by atoms with E-state index in [0.717, 1.165) is 11.1 Å². The molecule has 2 saturated heterocycles. The quantitative estimate of drug-likeness (QED) is 0.0905. The normalized spacial score (nSPS) is 28.5. The maximum atomic E-state index is 12.0. The molecule has 1 aromatic carbocycles. The number of carbonyl (C=O) groups excluding carboxylic acids is 1. The van der Waals surface area contributed by atoms with Gasteiger partial charge in [0.05, 0.1) is 24.4 Å². The molecule has 3 rings (SSSR count). The van der Waals surface area contributed by atoms with Crippen LogP contribution in [-0.4, -0.2) is 62.3 Å². The fraction of sp³-hybridized carbons (Fsp3) is 0.750. The van der Waals surface area contributed by atoms with E-state index in [1.165, 1.54) is 6.92 Å². The van der Waals surface area contributed by atoms with Crippen molar-refractivity contribution in [2.24, 2.45) is 5.92 Å². The Morgan fingerprint density at radius 3 is 2.23 bits per heavy atom. The fourth-order valence-corrected chi connectivity index (χ4v) is 13.4. The van der Waals surface area contributed by atoms with Gasteiger partial charge >= 0.3 is 5.97 Å². The molecule has 8 heteroatoms. The first kappa shape index (κ1) is 36.9. The Bertz CT molecular complexity index is 1030. The van der Waals surface area contributed by atoms with Crippen LogP contribution in [0.4, 0.5) is 0 Å². The van der Waals surface area contributed by atoms with E-state index in [1.807, 2.05) is 37.3 Å². The molecule has 0 unspecified atom stereocenters. The number of esters is 1. The van der Waals surface area contributed by atoms with Gasteiger partial charge in [-0.25, -0.2) is 0 Å². The molecule has 0 amide bonds. The van der Waals surface area contributed by atoms with Gasteiger partial charge < -0.3 is 28.5 Å². The Kier molecular flexibility index (Phi) is 13.3. The second-order valence-corrected chi connectivity index (χ2v) is 20.1. The molecule has 250 valence electrons. The van der Waals surface area contributed by atoms with E-state index in [0.29, 0.717) is 75.0 Å². The summed E-state index contributed by atoms with van der Waals surface area (Å²) in [5, 5.41) is 11.5. The minimum absolute atomic E-state index is 0.153. The Morgan fingerprint density at radius 2 is 1.64 bits per heavy atom. The van der Waals surface area contributed by atoms with Gasteiger partial charge in [-0.1, -0.05) is 91.0 Å². The van der Waals surface area contributed by atoms with Gasteiger partial charge in [-0.15, -0.1) is 0 Å². The molecule has 2 aliphatic heterocycles. The summed E-state index contributed by atoms with van der Waals surface area (Å²) in [5.41, 5.74) is 2.73. The number of aliphatic hydroxyl groups is 1. The minimum atomic E-state index is -1.99. The Morgan fingerprint density at radius 1 is 1.02 bits per heavy atom. The van der Waals surface area contributed by atoms with Crippen LogP contribution in [0.15, 0.2) is 42.5 Å². The van der Waals surface area contributed by atoms with Crippen molar-refractivity contribution in [1.29, 1.82) is 0 Å². The number of ether oxygens (including phenoxy) is 4. The predicted molar refractivity (Wildman–Crippen MR) is 178 cm³/mol. The molecule has 0 radical (unpaired) electrons. The molecule has 1 aromatic rings. The summed E-state index contributed by atoms with van der Waals surface area (Å²) >= 11 is 0. The summed E-state index contributed by atoms with van der Waals surface area (Å²) in [6, 6.07) is 10.1. The van der Waals surface area contributed by atoms with E-state index in [2.05, 4.69) is 55.0 Å². The van der Waals surface area contributed by atoms with Crippen molar-refractivity contribution in [3.05, 3.63) is 48.0 Å². The molecule has 0 saturated carbocycles. The highest BCUT2D eigenvalue weighted by molar-refractivity contribution is 6.77. The first-order valence-electron chi connectivity index (χ1n) is 16.8. The number of hydrogen-bond donors (Lipinski definition) is 1. The first-order valence-corrected chi connectivity index (χ1v) is 18.9. The van der Waals surface area contributed by atoms with Crippen LogP contribution in [0.25, 0.3) is 0 Å². The van der Waals surface area contributed by atoms with E-state index in [-0.39, 0.29) is 30.2 Å². The zero-order valence-electron chi connectivity index (χ0n) is 28.9. The molecule has 0 bridgehead atoms. The van der Waals surface area contributed by atoms with Crippen LogP contribution in [0.1, 0.15) is 106 Å². The SMILES string of the molecule is C=C(C[C@H]1C[C@](C)(O)C[C@@]2(C[C@@H](OC(C)=O)C[C@H](CCOCc3ccccc3)O2)O1)[C@@H](C)CO[Si](C(C)C)(C(C)C)C(C)C. The highest BCUT2D eigenvalue weighted by Crippen LogP contribution is 2.46. The van der Waals surface area contributed by atoms with Crippen molar-refractivity contribution in [1.82, 2.24) is 0 Å². The molecule has 7 nitrogen and oxygen atoms in total. The van der Waals surface area contributed by atoms with Gasteiger partial charge in [-0.2, -0.15) is 0 Å². The molecule has 6 atom stereocenters. The second-order valence-electron chi connectivity index (χ2n) is 14.7. The molecule has 0 aromatic heterocycles. The smallest absolute Gasteiger partial charge is 0.302 e. The van der Waals surface area contributed by atoms with Crippen LogP contribution < -0.4 is 0 Å². The zero-order chi connectivity index (χ0) is 32.7. The van der Waals surface area contributed by atoms with E-state index in [1.54, 1.807) is 0 Å². The lowest BCUT2D eigenvalue weighted by Crippen LogP contribution is -2.58. The lowest BCUT2D eigenvalue weighted by atomic mass is 9.80. The van der Waals surface area contributed by atoms with Crippen LogP contribution in [0.5, 0.6) is 0 Å². The molecule has 1 N–H and O–H groups in total. The third-order valence-corrected chi connectivity index (χ3v) is 15.7. The van der Waals surface area contributed by atoms with Gasteiger partial charge in [-0.3, -0.25) is 4.79 Å². The van der Waals surface area contributed by atoms with Crippen molar-refractivity contribution in [3.63, 3.8) is 0 Å². The van der Waals surface area contributed by atoms with Gasteiger partial charge in [0.15, 0.2) is 14.1 Å². The molecule has 2 fully saturated rings. The van der Waals surface area contributed by atoms with Crippen LogP contribution in [0.2, 0.25) is 16.6 Å². The average molecular weight is 633 g/mol. The topological polar surface area (TPSA) is 83.5 Å². The number of benzene rings is 1. The molecular weight excluding hydrogens is 572 g/mol. The van der Waals surface area contributed by atoms with Crippen LogP contribution in [0.3, 0.4) is 0 Å². The first-order chi connectivity index (χ1) is 20.6. The third-order valence-electron chi connectivity index (χ3n) is 9.65. The van der Waals surface area contributed by atoms with Crippen molar-refractivity contribution >= 4 is 14.3 Å². The molecule has 44 heavy (non-hydrogen) atoms. The van der Waals surface area contributed by atoms with Crippen LogP contribution in [0, 0.1) is 5.92 Å². The molecule has 1 spiro atoms. The maximum absolute atomic E-state index is 12.0. The minimum Gasteiger partial charge on any atom is -0.462 e. The average Bonchev–Trinajstić information content (AvgIpc) is 2.89. The van der Waals surface area contributed by atoms with Crippen molar-refractivity contribution in [2.45, 2.75) is 154 Å². The van der Waals surface area contributed by atoms with E-state index in [4.69, 9.17) is 23.4 Å². The molecule has 2 aliphatic rings. The van der Waals surface area contributed by atoms with Crippen LogP contribution >= 0.6 is 0 Å². The summed E-state index contributed by atoms with van der Waals surface area (Å²) in [5.74, 6) is -1.22. The summed E-state index contributed by atoms with van der Waals surface area (Å²) < 4.78 is 31.9. The number of rotatable bonds is 15. The lowest BCUT2D eigenvalue weighted by molar-refractivity contribution is -0.350. The number of carbonyl (C=O) groups is 1. The Hall–Kier alpha value is -1.55. The molecular formula is C36H60O7Si. The van der Waals surface area contributed by atoms with E-state index in [9.17, 15) is 9.90 Å². The van der Waals surface area contributed by atoms with Crippen molar-refractivity contribution in [2.75, 3.05) is 13.2 Å². The van der Waals surface area contributed by atoms with Gasteiger partial charge in [0.2, 0.25) is 0 Å². The van der Waals surface area contributed by atoms with Gasteiger partial charge in [0, 0.05) is 45.8 Å².